The zero-order valence-electron chi connectivity index (χ0n) is 16.2. The highest BCUT2D eigenvalue weighted by Gasteiger charge is 2.07. The Morgan fingerprint density at radius 2 is 1.77 bits per heavy atom. The summed E-state index contributed by atoms with van der Waals surface area (Å²) in [7, 11) is 0. The number of hydrogen-bond acceptors (Lipinski definition) is 5. The monoisotopic (exact) mass is 422 g/mol. The Bertz CT molecular complexity index is 1050. The van der Waals surface area contributed by atoms with Gasteiger partial charge in [-0.05, 0) is 72.6 Å². The van der Waals surface area contributed by atoms with Crippen molar-refractivity contribution in [2.75, 3.05) is 6.61 Å². The number of carbonyl (C=O) groups excluding carboxylic acids is 2. The van der Waals surface area contributed by atoms with E-state index >= 15 is 0 Å². The second-order valence-electron chi connectivity index (χ2n) is 6.32. The van der Waals surface area contributed by atoms with Crippen LogP contribution >= 0.6 is 11.6 Å². The van der Waals surface area contributed by atoms with E-state index in [0.717, 1.165) is 11.1 Å². The Morgan fingerprint density at radius 1 is 1.03 bits per heavy atom. The molecule has 0 fully saturated rings. The van der Waals surface area contributed by atoms with Crippen LogP contribution in [-0.2, 0) is 4.79 Å². The molecule has 0 bridgehead atoms. The normalized spacial score (nSPS) is 10.6. The average Bonchev–Trinajstić information content (AvgIpc) is 2.75. The Labute approximate surface area is 179 Å². The lowest BCUT2D eigenvalue weighted by Gasteiger charge is -2.08. The number of amides is 1. The summed E-state index contributed by atoms with van der Waals surface area (Å²) in [4.78, 5) is 23.9. The molecule has 152 valence electrons. The highest BCUT2D eigenvalue weighted by atomic mass is 35.5. The maximum atomic E-state index is 12.0. The van der Waals surface area contributed by atoms with Crippen LogP contribution < -0.4 is 14.9 Å². The van der Waals surface area contributed by atoms with E-state index in [1.54, 1.807) is 66.7 Å². The molecule has 6 nitrogen and oxygen atoms in total. The van der Waals surface area contributed by atoms with Crippen LogP contribution in [0.3, 0.4) is 0 Å². The van der Waals surface area contributed by atoms with E-state index in [1.807, 2.05) is 13.0 Å². The van der Waals surface area contributed by atoms with Gasteiger partial charge in [-0.2, -0.15) is 5.10 Å². The maximum Gasteiger partial charge on any atom is 0.343 e. The fourth-order valence-electron chi connectivity index (χ4n) is 2.49. The van der Waals surface area contributed by atoms with Gasteiger partial charge in [-0.3, -0.25) is 4.79 Å². The molecule has 0 aliphatic heterocycles. The number of hydrazone groups is 1. The summed E-state index contributed by atoms with van der Waals surface area (Å²) >= 11 is 5.89. The number of halogens is 1. The number of aryl methyl sites for hydroxylation is 1. The molecule has 0 aromatic heterocycles. The smallest absolute Gasteiger partial charge is 0.343 e. The lowest BCUT2D eigenvalue weighted by atomic mass is 10.2. The van der Waals surface area contributed by atoms with E-state index in [9.17, 15) is 9.59 Å². The molecule has 0 heterocycles. The van der Waals surface area contributed by atoms with Crippen LogP contribution in [0.1, 0.15) is 21.5 Å². The summed E-state index contributed by atoms with van der Waals surface area (Å²) in [5.74, 6) is 0.171. The standard InChI is InChI=1S/C23H19ClN2O4/c1-16-13-19(24)9-12-21(16)29-15-22(27)26-25-14-17-7-10-20(11-8-17)30-23(28)18-5-3-2-4-6-18/h2-14H,15H2,1H3,(H,26,27)/b25-14-. The summed E-state index contributed by atoms with van der Waals surface area (Å²) in [6, 6.07) is 20.6. The van der Waals surface area contributed by atoms with Crippen molar-refractivity contribution < 1.29 is 19.1 Å². The van der Waals surface area contributed by atoms with Crippen molar-refractivity contribution in [3.8, 4) is 11.5 Å². The van der Waals surface area contributed by atoms with Crippen LogP contribution in [0.25, 0.3) is 0 Å². The van der Waals surface area contributed by atoms with Gasteiger partial charge in [0.2, 0.25) is 0 Å². The molecule has 0 saturated carbocycles. The minimum absolute atomic E-state index is 0.172. The maximum absolute atomic E-state index is 12.0. The van der Waals surface area contributed by atoms with Gasteiger partial charge in [0, 0.05) is 5.02 Å². The fourth-order valence-corrected chi connectivity index (χ4v) is 2.72. The van der Waals surface area contributed by atoms with Gasteiger partial charge in [-0.1, -0.05) is 29.8 Å². The molecule has 1 amide bonds. The molecular formula is C23H19ClN2O4. The second kappa shape index (κ2) is 10.2. The fraction of sp³-hybridized carbons (Fsp3) is 0.0870. The lowest BCUT2D eigenvalue weighted by molar-refractivity contribution is -0.123. The average molecular weight is 423 g/mol. The molecule has 0 atom stereocenters. The van der Waals surface area contributed by atoms with E-state index in [0.29, 0.717) is 22.1 Å². The number of rotatable bonds is 7. The Balaban J connectivity index is 1.46. The number of hydrogen-bond donors (Lipinski definition) is 1. The molecular weight excluding hydrogens is 404 g/mol. The molecule has 0 aliphatic rings. The van der Waals surface area contributed by atoms with Crippen LogP contribution in [0.2, 0.25) is 5.02 Å². The Hall–Kier alpha value is -3.64. The van der Waals surface area contributed by atoms with Gasteiger partial charge in [0.25, 0.3) is 5.91 Å². The van der Waals surface area contributed by atoms with Crippen LogP contribution in [0.4, 0.5) is 0 Å². The van der Waals surface area contributed by atoms with E-state index in [2.05, 4.69) is 10.5 Å². The molecule has 3 rings (SSSR count). The summed E-state index contributed by atoms with van der Waals surface area (Å²) in [5, 5.41) is 4.50. The molecule has 0 radical (unpaired) electrons. The number of benzene rings is 3. The van der Waals surface area contributed by atoms with Gasteiger partial charge >= 0.3 is 5.97 Å². The second-order valence-corrected chi connectivity index (χ2v) is 6.75. The van der Waals surface area contributed by atoms with E-state index in [-0.39, 0.29) is 6.61 Å². The molecule has 0 spiro atoms. The van der Waals surface area contributed by atoms with Gasteiger partial charge in [-0.15, -0.1) is 0 Å². The van der Waals surface area contributed by atoms with Gasteiger partial charge in [0.1, 0.15) is 11.5 Å². The Morgan fingerprint density at radius 3 is 2.47 bits per heavy atom. The SMILES string of the molecule is Cc1cc(Cl)ccc1OCC(=O)N/N=C\c1ccc(OC(=O)c2ccccc2)cc1. The molecule has 1 N–H and O–H groups in total. The number of nitrogens with one attached hydrogen (secondary N) is 1. The molecule has 0 saturated heterocycles. The first kappa shape index (κ1) is 21.1. The van der Waals surface area contributed by atoms with E-state index in [1.165, 1.54) is 6.21 Å². The summed E-state index contributed by atoms with van der Waals surface area (Å²) in [6.45, 7) is 1.67. The van der Waals surface area contributed by atoms with Gasteiger partial charge in [-0.25, -0.2) is 10.2 Å². The highest BCUT2D eigenvalue weighted by molar-refractivity contribution is 6.30. The van der Waals surface area contributed by atoms with Crippen molar-refractivity contribution in [1.82, 2.24) is 5.43 Å². The van der Waals surface area contributed by atoms with Gasteiger partial charge in [0.05, 0.1) is 11.8 Å². The molecule has 7 heteroatoms. The van der Waals surface area contributed by atoms with Crippen molar-refractivity contribution in [2.45, 2.75) is 6.92 Å². The van der Waals surface area contributed by atoms with Gasteiger partial charge in [0.15, 0.2) is 6.61 Å². The number of esters is 1. The van der Waals surface area contributed by atoms with Crippen LogP contribution in [0.5, 0.6) is 11.5 Å². The first-order valence-corrected chi connectivity index (χ1v) is 9.47. The zero-order valence-corrected chi connectivity index (χ0v) is 16.9. The lowest BCUT2D eigenvalue weighted by Crippen LogP contribution is -2.24. The molecule has 0 unspecified atom stereocenters. The summed E-state index contributed by atoms with van der Waals surface area (Å²) in [6.07, 6.45) is 1.48. The van der Waals surface area contributed by atoms with Crippen LogP contribution in [0, 0.1) is 6.92 Å². The van der Waals surface area contributed by atoms with E-state index in [4.69, 9.17) is 21.1 Å². The predicted octanol–water partition coefficient (Wildman–Crippen LogP) is 4.40. The molecule has 3 aromatic rings. The predicted molar refractivity (Wildman–Crippen MR) is 115 cm³/mol. The van der Waals surface area contributed by atoms with Crippen molar-refractivity contribution in [2.24, 2.45) is 5.10 Å². The molecule has 0 aliphatic carbocycles. The topological polar surface area (TPSA) is 77.0 Å². The van der Waals surface area contributed by atoms with Crippen LogP contribution in [-0.4, -0.2) is 24.7 Å². The van der Waals surface area contributed by atoms with Crippen LogP contribution in [0.15, 0.2) is 77.9 Å². The quantitative estimate of drug-likeness (QED) is 0.265. The first-order valence-electron chi connectivity index (χ1n) is 9.09. The number of ether oxygens (including phenoxy) is 2. The molecule has 3 aromatic carbocycles. The zero-order chi connectivity index (χ0) is 21.3. The molecule has 30 heavy (non-hydrogen) atoms. The first-order chi connectivity index (χ1) is 14.5. The largest absolute Gasteiger partial charge is 0.483 e. The Kier molecular flexibility index (Phi) is 7.19. The third-order valence-corrected chi connectivity index (χ3v) is 4.23. The minimum atomic E-state index is -0.430. The number of nitrogens with zero attached hydrogens (tertiary/aromatic N) is 1. The third-order valence-electron chi connectivity index (χ3n) is 4.00. The van der Waals surface area contributed by atoms with Crippen molar-refractivity contribution in [3.05, 3.63) is 94.5 Å². The third kappa shape index (κ3) is 6.18. The highest BCUT2D eigenvalue weighted by Crippen LogP contribution is 2.21. The number of carbonyl (C=O) groups is 2. The van der Waals surface area contributed by atoms with Crippen molar-refractivity contribution >= 4 is 29.7 Å². The van der Waals surface area contributed by atoms with Crippen molar-refractivity contribution in [1.29, 1.82) is 0 Å². The summed E-state index contributed by atoms with van der Waals surface area (Å²) < 4.78 is 10.8. The van der Waals surface area contributed by atoms with Gasteiger partial charge < -0.3 is 9.47 Å². The van der Waals surface area contributed by atoms with Crippen molar-refractivity contribution in [3.63, 3.8) is 0 Å². The van der Waals surface area contributed by atoms with E-state index < -0.39 is 11.9 Å². The minimum Gasteiger partial charge on any atom is -0.483 e. The summed E-state index contributed by atoms with van der Waals surface area (Å²) in [5.41, 5.74) is 4.43.